The van der Waals surface area contributed by atoms with Gasteiger partial charge in [0, 0.05) is 6.20 Å². The minimum atomic E-state index is -4.95. The van der Waals surface area contributed by atoms with Crippen molar-refractivity contribution in [1.29, 1.82) is 0 Å². The molecule has 0 fully saturated rings. The molecule has 1 aromatic rings. The summed E-state index contributed by atoms with van der Waals surface area (Å²) in [7, 11) is 0. The van der Waals surface area contributed by atoms with Crippen molar-refractivity contribution in [2.45, 2.75) is 19.2 Å². The van der Waals surface area contributed by atoms with Gasteiger partial charge in [-0.05, 0) is 11.6 Å². The third-order valence-corrected chi connectivity index (χ3v) is 1.74. The number of aliphatic hydroxyl groups excluding tert-OH is 1. The summed E-state index contributed by atoms with van der Waals surface area (Å²) in [6, 6.07) is 0.927. The third-order valence-electron chi connectivity index (χ3n) is 1.74. The molecule has 2 nitrogen and oxygen atoms in total. The van der Waals surface area contributed by atoms with Gasteiger partial charge >= 0.3 is 6.18 Å². The van der Waals surface area contributed by atoms with Crippen LogP contribution < -0.4 is 0 Å². The molecule has 0 aliphatic carbocycles. The Hall–Kier alpha value is -1.24. The number of nitrogens with zero attached hydrogens (tertiary/aromatic N) is 1. The van der Waals surface area contributed by atoms with E-state index < -0.39 is 36.0 Å². The second-order valence-electron chi connectivity index (χ2n) is 2.69. The van der Waals surface area contributed by atoms with Crippen LogP contribution in [0.25, 0.3) is 0 Å². The molecule has 0 saturated carbocycles. The molecule has 84 valence electrons. The van der Waals surface area contributed by atoms with Gasteiger partial charge in [-0.2, -0.15) is 13.2 Å². The van der Waals surface area contributed by atoms with Crippen molar-refractivity contribution in [3.63, 3.8) is 0 Å². The molecule has 7 heteroatoms. The molecule has 0 radical (unpaired) electrons. The molecule has 0 amide bonds. The van der Waals surface area contributed by atoms with Crippen molar-refractivity contribution >= 4 is 0 Å². The number of aliphatic hydroxyl groups is 1. The Morgan fingerprint density at radius 3 is 2.33 bits per heavy atom. The number of rotatable bonds is 2. The monoisotopic (exact) mass is 227 g/mol. The van der Waals surface area contributed by atoms with Crippen LogP contribution in [0.2, 0.25) is 0 Å². The van der Waals surface area contributed by atoms with Gasteiger partial charge in [0.2, 0.25) is 0 Å². The lowest BCUT2D eigenvalue weighted by Crippen LogP contribution is -2.14. The molecule has 0 aromatic carbocycles. The second-order valence-corrected chi connectivity index (χ2v) is 2.69. The van der Waals surface area contributed by atoms with Crippen LogP contribution in [0, 0.1) is 0 Å². The zero-order valence-corrected chi connectivity index (χ0v) is 7.22. The van der Waals surface area contributed by atoms with Crippen LogP contribution in [0.15, 0.2) is 12.3 Å². The quantitative estimate of drug-likeness (QED) is 0.787. The highest BCUT2D eigenvalue weighted by Gasteiger charge is 2.38. The first-order valence-electron chi connectivity index (χ1n) is 3.82. The van der Waals surface area contributed by atoms with Crippen molar-refractivity contribution in [2.24, 2.45) is 0 Å². The Morgan fingerprint density at radius 1 is 1.33 bits per heavy atom. The van der Waals surface area contributed by atoms with Gasteiger partial charge in [-0.15, -0.1) is 0 Å². The first-order valence-corrected chi connectivity index (χ1v) is 3.82. The molecule has 1 heterocycles. The maximum atomic E-state index is 12.4. The molecule has 0 atom stereocenters. The average molecular weight is 227 g/mol. The van der Waals surface area contributed by atoms with Crippen molar-refractivity contribution < 1.29 is 27.1 Å². The van der Waals surface area contributed by atoms with Crippen LogP contribution in [-0.4, -0.2) is 10.1 Å². The standard InChI is InChI=1S/C8H6F5NO/c9-7(10)5-4(3-15)1-2-14-6(5)8(11,12)13/h1-2,7,15H,3H2. The van der Waals surface area contributed by atoms with Crippen LogP contribution in [0.1, 0.15) is 23.2 Å². The molecule has 15 heavy (non-hydrogen) atoms. The van der Waals surface area contributed by atoms with E-state index in [-0.39, 0.29) is 0 Å². The average Bonchev–Trinajstić information content (AvgIpc) is 2.15. The largest absolute Gasteiger partial charge is 0.433 e. The minimum Gasteiger partial charge on any atom is -0.392 e. The Balaban J connectivity index is 3.39. The zero-order chi connectivity index (χ0) is 11.6. The maximum Gasteiger partial charge on any atom is 0.433 e. The molecular weight excluding hydrogens is 221 g/mol. The highest BCUT2D eigenvalue weighted by molar-refractivity contribution is 5.32. The molecule has 0 saturated heterocycles. The normalized spacial score (nSPS) is 12.2. The van der Waals surface area contributed by atoms with E-state index in [0.29, 0.717) is 0 Å². The van der Waals surface area contributed by atoms with E-state index in [2.05, 4.69) is 4.98 Å². The Labute approximate surface area is 81.4 Å². The van der Waals surface area contributed by atoms with E-state index in [0.717, 1.165) is 12.3 Å². The lowest BCUT2D eigenvalue weighted by molar-refractivity contribution is -0.143. The molecule has 1 aromatic heterocycles. The molecule has 1 rings (SSSR count). The predicted molar refractivity (Wildman–Crippen MR) is 40.1 cm³/mol. The van der Waals surface area contributed by atoms with E-state index >= 15 is 0 Å². The van der Waals surface area contributed by atoms with E-state index in [4.69, 9.17) is 5.11 Å². The predicted octanol–water partition coefficient (Wildman–Crippen LogP) is 2.53. The zero-order valence-electron chi connectivity index (χ0n) is 7.22. The fourth-order valence-electron chi connectivity index (χ4n) is 1.12. The summed E-state index contributed by atoms with van der Waals surface area (Å²) in [5.74, 6) is 0. The van der Waals surface area contributed by atoms with E-state index in [1.807, 2.05) is 0 Å². The van der Waals surface area contributed by atoms with E-state index in [1.165, 1.54) is 0 Å². The molecule has 0 aliphatic rings. The van der Waals surface area contributed by atoms with Crippen molar-refractivity contribution in [2.75, 3.05) is 0 Å². The highest BCUT2D eigenvalue weighted by Crippen LogP contribution is 2.36. The number of hydrogen-bond acceptors (Lipinski definition) is 2. The summed E-state index contributed by atoms with van der Waals surface area (Å²) in [5, 5.41) is 8.63. The van der Waals surface area contributed by atoms with Crippen LogP contribution in [-0.2, 0) is 12.8 Å². The van der Waals surface area contributed by atoms with E-state index in [9.17, 15) is 22.0 Å². The van der Waals surface area contributed by atoms with Crippen molar-refractivity contribution in [3.8, 4) is 0 Å². The highest BCUT2D eigenvalue weighted by atomic mass is 19.4. The maximum absolute atomic E-state index is 12.4. The van der Waals surface area contributed by atoms with Gasteiger partial charge in [0.05, 0.1) is 12.2 Å². The number of alkyl halides is 5. The van der Waals surface area contributed by atoms with Crippen LogP contribution >= 0.6 is 0 Å². The molecule has 0 aliphatic heterocycles. The number of pyridine rings is 1. The summed E-state index contributed by atoms with van der Waals surface area (Å²) < 4.78 is 61.5. The smallest absolute Gasteiger partial charge is 0.392 e. The fraction of sp³-hybridized carbons (Fsp3) is 0.375. The minimum absolute atomic E-state index is 0.465. The van der Waals surface area contributed by atoms with Gasteiger partial charge in [0.15, 0.2) is 5.69 Å². The third kappa shape index (κ3) is 2.41. The first kappa shape index (κ1) is 11.8. The van der Waals surface area contributed by atoms with Gasteiger partial charge in [-0.1, -0.05) is 0 Å². The topological polar surface area (TPSA) is 33.1 Å². The van der Waals surface area contributed by atoms with Gasteiger partial charge in [0.1, 0.15) is 0 Å². The Kier molecular flexibility index (Phi) is 3.23. The van der Waals surface area contributed by atoms with Crippen molar-refractivity contribution in [1.82, 2.24) is 4.98 Å². The van der Waals surface area contributed by atoms with Crippen LogP contribution in [0.5, 0.6) is 0 Å². The molecule has 1 N–H and O–H groups in total. The van der Waals surface area contributed by atoms with Gasteiger partial charge in [-0.3, -0.25) is 4.98 Å². The van der Waals surface area contributed by atoms with Crippen LogP contribution in [0.3, 0.4) is 0 Å². The summed E-state index contributed by atoms with van der Waals surface area (Å²) >= 11 is 0. The first-order chi connectivity index (χ1) is 6.88. The molecule has 0 unspecified atom stereocenters. The summed E-state index contributed by atoms with van der Waals surface area (Å²) in [5.41, 5.74) is -3.37. The molecular formula is C8H6F5NO. The number of aromatic nitrogens is 1. The molecule has 0 spiro atoms. The molecule has 0 bridgehead atoms. The van der Waals surface area contributed by atoms with Crippen LogP contribution in [0.4, 0.5) is 22.0 Å². The summed E-state index contributed by atoms with van der Waals surface area (Å²) in [4.78, 5) is 2.86. The summed E-state index contributed by atoms with van der Waals surface area (Å²) in [6.45, 7) is -0.884. The lowest BCUT2D eigenvalue weighted by atomic mass is 10.1. The van der Waals surface area contributed by atoms with Gasteiger partial charge in [0.25, 0.3) is 6.43 Å². The Morgan fingerprint density at radius 2 is 1.93 bits per heavy atom. The summed E-state index contributed by atoms with van der Waals surface area (Å²) in [6.07, 6.45) is -7.53. The van der Waals surface area contributed by atoms with E-state index in [1.54, 1.807) is 0 Å². The Bertz CT molecular complexity index is 349. The number of hydrogen-bond donors (Lipinski definition) is 1. The second kappa shape index (κ2) is 4.09. The van der Waals surface area contributed by atoms with Crippen molar-refractivity contribution in [3.05, 3.63) is 29.1 Å². The van der Waals surface area contributed by atoms with Gasteiger partial charge in [-0.25, -0.2) is 8.78 Å². The SMILES string of the molecule is OCc1ccnc(C(F)(F)F)c1C(F)F. The number of halogens is 5. The fourth-order valence-corrected chi connectivity index (χ4v) is 1.12. The van der Waals surface area contributed by atoms with Gasteiger partial charge < -0.3 is 5.11 Å². The lowest BCUT2D eigenvalue weighted by Gasteiger charge is -2.13.